The van der Waals surface area contributed by atoms with Crippen LogP contribution in [0.4, 0.5) is 5.82 Å². The molecular formula is C14H17N3S. The van der Waals surface area contributed by atoms with Crippen LogP contribution in [-0.4, -0.2) is 9.97 Å². The van der Waals surface area contributed by atoms with Crippen molar-refractivity contribution < 1.29 is 0 Å². The van der Waals surface area contributed by atoms with E-state index in [-0.39, 0.29) is 0 Å². The van der Waals surface area contributed by atoms with Gasteiger partial charge in [-0.15, -0.1) is 0 Å². The first kappa shape index (κ1) is 12.8. The standard InChI is InChI=1S/C14H17N3S/c1-9(2)7-10-3-5-11(6-4-10)12-8-13(15)17-14(18)16-12/h3-6,8-9H,7H2,1-2H3,(H3,15,16,17,18). The molecule has 0 aliphatic rings. The molecule has 1 aromatic carbocycles. The van der Waals surface area contributed by atoms with Crippen LogP contribution < -0.4 is 5.73 Å². The summed E-state index contributed by atoms with van der Waals surface area (Å²) in [7, 11) is 0. The minimum atomic E-state index is 0.413. The van der Waals surface area contributed by atoms with E-state index in [4.69, 9.17) is 18.0 Å². The van der Waals surface area contributed by atoms with Crippen molar-refractivity contribution in [3.63, 3.8) is 0 Å². The molecule has 0 amide bonds. The Balaban J connectivity index is 2.31. The highest BCUT2D eigenvalue weighted by Crippen LogP contribution is 2.19. The number of anilines is 1. The summed E-state index contributed by atoms with van der Waals surface area (Å²) in [5, 5.41) is 0. The van der Waals surface area contributed by atoms with E-state index >= 15 is 0 Å². The van der Waals surface area contributed by atoms with Gasteiger partial charge in [-0.1, -0.05) is 38.1 Å². The first-order valence-corrected chi connectivity index (χ1v) is 6.41. The maximum Gasteiger partial charge on any atom is 0.199 e. The van der Waals surface area contributed by atoms with E-state index < -0.39 is 0 Å². The number of rotatable bonds is 3. The lowest BCUT2D eigenvalue weighted by atomic mass is 10.0. The second kappa shape index (κ2) is 5.31. The molecule has 94 valence electrons. The number of nitrogens with two attached hydrogens (primary N) is 1. The van der Waals surface area contributed by atoms with Crippen molar-refractivity contribution in [1.82, 2.24) is 9.97 Å². The van der Waals surface area contributed by atoms with Crippen LogP contribution >= 0.6 is 12.2 Å². The molecule has 0 fully saturated rings. The number of hydrogen-bond acceptors (Lipinski definition) is 3. The average molecular weight is 259 g/mol. The molecule has 0 radical (unpaired) electrons. The molecule has 18 heavy (non-hydrogen) atoms. The van der Waals surface area contributed by atoms with Gasteiger partial charge in [-0.2, -0.15) is 0 Å². The zero-order chi connectivity index (χ0) is 13.1. The molecule has 2 rings (SSSR count). The average Bonchev–Trinajstić information content (AvgIpc) is 2.27. The quantitative estimate of drug-likeness (QED) is 0.828. The molecule has 0 aliphatic heterocycles. The Labute approximate surface area is 112 Å². The summed E-state index contributed by atoms with van der Waals surface area (Å²) in [5.74, 6) is 1.11. The van der Waals surface area contributed by atoms with Crippen LogP contribution in [0.15, 0.2) is 30.3 Å². The molecule has 0 bridgehead atoms. The van der Waals surface area contributed by atoms with Crippen molar-refractivity contribution in [3.05, 3.63) is 40.7 Å². The van der Waals surface area contributed by atoms with E-state index in [9.17, 15) is 0 Å². The number of aromatic nitrogens is 2. The van der Waals surface area contributed by atoms with Gasteiger partial charge in [0.1, 0.15) is 5.82 Å². The van der Waals surface area contributed by atoms with Crippen LogP contribution in [0.2, 0.25) is 0 Å². The number of nitrogen functional groups attached to an aromatic ring is 1. The highest BCUT2D eigenvalue weighted by Gasteiger charge is 2.02. The number of aromatic amines is 1. The van der Waals surface area contributed by atoms with Crippen molar-refractivity contribution >= 4 is 18.0 Å². The van der Waals surface area contributed by atoms with Gasteiger partial charge in [0, 0.05) is 6.07 Å². The van der Waals surface area contributed by atoms with Crippen molar-refractivity contribution in [3.8, 4) is 11.3 Å². The van der Waals surface area contributed by atoms with Gasteiger partial charge in [0.05, 0.1) is 5.69 Å². The maximum atomic E-state index is 5.69. The fourth-order valence-electron chi connectivity index (χ4n) is 1.92. The normalized spacial score (nSPS) is 10.8. The molecule has 0 aliphatic carbocycles. The van der Waals surface area contributed by atoms with Gasteiger partial charge in [0.15, 0.2) is 4.77 Å². The largest absolute Gasteiger partial charge is 0.384 e. The summed E-state index contributed by atoms with van der Waals surface area (Å²) in [6.07, 6.45) is 1.09. The highest BCUT2D eigenvalue weighted by atomic mass is 32.1. The maximum absolute atomic E-state index is 5.69. The van der Waals surface area contributed by atoms with Gasteiger partial charge < -0.3 is 10.7 Å². The van der Waals surface area contributed by atoms with Crippen molar-refractivity contribution in [2.24, 2.45) is 5.92 Å². The molecule has 0 spiro atoms. The van der Waals surface area contributed by atoms with Crippen LogP contribution in [0.3, 0.4) is 0 Å². The lowest BCUT2D eigenvalue weighted by Gasteiger charge is -2.07. The molecule has 0 atom stereocenters. The van der Waals surface area contributed by atoms with E-state index in [1.54, 1.807) is 6.07 Å². The van der Waals surface area contributed by atoms with E-state index in [1.165, 1.54) is 5.56 Å². The molecule has 1 aromatic heterocycles. The van der Waals surface area contributed by atoms with Gasteiger partial charge in [0.2, 0.25) is 0 Å². The third-order valence-electron chi connectivity index (χ3n) is 2.67. The molecule has 3 nitrogen and oxygen atoms in total. The van der Waals surface area contributed by atoms with Gasteiger partial charge in [-0.25, -0.2) is 4.98 Å². The molecule has 4 heteroatoms. The number of hydrogen-bond donors (Lipinski definition) is 2. The Bertz CT molecular complexity index is 585. The molecule has 0 saturated heterocycles. The summed E-state index contributed by atoms with van der Waals surface area (Å²) in [5.41, 5.74) is 9.01. The van der Waals surface area contributed by atoms with Gasteiger partial charge in [0.25, 0.3) is 0 Å². The minimum absolute atomic E-state index is 0.413. The second-order valence-corrected chi connectivity index (χ2v) is 5.21. The van der Waals surface area contributed by atoms with Crippen LogP contribution in [0.5, 0.6) is 0 Å². The van der Waals surface area contributed by atoms with Gasteiger partial charge in [-0.05, 0) is 35.7 Å². The number of nitrogens with one attached hydrogen (secondary N) is 1. The first-order chi connectivity index (χ1) is 8.54. The van der Waals surface area contributed by atoms with Crippen molar-refractivity contribution in [1.29, 1.82) is 0 Å². The Kier molecular flexibility index (Phi) is 3.77. The molecule has 1 heterocycles. The highest BCUT2D eigenvalue weighted by molar-refractivity contribution is 7.71. The first-order valence-electron chi connectivity index (χ1n) is 6.01. The zero-order valence-corrected chi connectivity index (χ0v) is 11.4. The summed E-state index contributed by atoms with van der Waals surface area (Å²) in [4.78, 5) is 7.00. The van der Waals surface area contributed by atoms with E-state index in [1.807, 2.05) is 0 Å². The smallest absolute Gasteiger partial charge is 0.199 e. The number of H-pyrrole nitrogens is 1. The predicted octanol–water partition coefficient (Wildman–Crippen LogP) is 3.59. The van der Waals surface area contributed by atoms with Crippen LogP contribution in [0.1, 0.15) is 19.4 Å². The Morgan fingerprint density at radius 2 is 1.94 bits per heavy atom. The Morgan fingerprint density at radius 1 is 1.28 bits per heavy atom. The second-order valence-electron chi connectivity index (χ2n) is 4.82. The fourth-order valence-corrected chi connectivity index (χ4v) is 2.14. The van der Waals surface area contributed by atoms with E-state index in [0.717, 1.165) is 17.7 Å². The van der Waals surface area contributed by atoms with E-state index in [0.29, 0.717) is 16.5 Å². The van der Waals surface area contributed by atoms with Crippen LogP contribution in [-0.2, 0) is 6.42 Å². The lowest BCUT2D eigenvalue weighted by molar-refractivity contribution is 0.647. The molecule has 0 saturated carbocycles. The number of nitrogens with zero attached hydrogens (tertiary/aromatic N) is 1. The van der Waals surface area contributed by atoms with Crippen LogP contribution in [0.25, 0.3) is 11.3 Å². The summed E-state index contributed by atoms with van der Waals surface area (Å²) in [6.45, 7) is 4.43. The Morgan fingerprint density at radius 3 is 2.50 bits per heavy atom. The van der Waals surface area contributed by atoms with Gasteiger partial charge in [-0.3, -0.25) is 0 Å². The monoisotopic (exact) mass is 259 g/mol. The van der Waals surface area contributed by atoms with Gasteiger partial charge >= 0.3 is 0 Å². The van der Waals surface area contributed by atoms with E-state index in [2.05, 4.69) is 48.1 Å². The Hall–Kier alpha value is -1.68. The molecule has 3 N–H and O–H groups in total. The predicted molar refractivity (Wildman–Crippen MR) is 77.8 cm³/mol. The number of benzene rings is 1. The SMILES string of the molecule is CC(C)Cc1ccc(-c2cc(N)nc(=S)[nH]2)cc1. The third kappa shape index (κ3) is 3.17. The minimum Gasteiger partial charge on any atom is -0.384 e. The summed E-state index contributed by atoms with van der Waals surface area (Å²) < 4.78 is 0.413. The molecule has 2 aromatic rings. The lowest BCUT2D eigenvalue weighted by Crippen LogP contribution is -1.96. The summed E-state index contributed by atoms with van der Waals surface area (Å²) in [6, 6.07) is 10.2. The molecular weight excluding hydrogens is 242 g/mol. The topological polar surface area (TPSA) is 54.7 Å². The third-order valence-corrected chi connectivity index (χ3v) is 2.87. The fraction of sp³-hybridized carbons (Fsp3) is 0.286. The van der Waals surface area contributed by atoms with Crippen LogP contribution in [0, 0.1) is 10.7 Å². The van der Waals surface area contributed by atoms with Crippen molar-refractivity contribution in [2.45, 2.75) is 20.3 Å². The molecule has 0 unspecified atom stereocenters. The summed E-state index contributed by atoms with van der Waals surface area (Å²) >= 11 is 5.02. The van der Waals surface area contributed by atoms with Crippen molar-refractivity contribution in [2.75, 3.05) is 5.73 Å². The zero-order valence-electron chi connectivity index (χ0n) is 10.6.